The molecule has 0 aliphatic carbocycles. The lowest BCUT2D eigenvalue weighted by molar-refractivity contribution is -0.118. The molecule has 0 saturated heterocycles. The van der Waals surface area contributed by atoms with Crippen molar-refractivity contribution in [1.29, 1.82) is 0 Å². The molecule has 0 unspecified atom stereocenters. The molecule has 2 rings (SSSR count). The number of ether oxygens (including phenoxy) is 1. The number of pyridine rings is 1. The molecule has 0 saturated carbocycles. The third-order valence-electron chi connectivity index (χ3n) is 3.55. The van der Waals surface area contributed by atoms with Crippen LogP contribution in [0.15, 0.2) is 47.3 Å². The number of aryl methyl sites for hydroxylation is 1. The van der Waals surface area contributed by atoms with Gasteiger partial charge < -0.3 is 14.6 Å². The molecule has 128 valence electrons. The topological polar surface area (TPSA) is 60.3 Å². The zero-order chi connectivity index (χ0) is 17.4. The number of nitrogens with zero attached hydrogens (tertiary/aromatic N) is 1. The highest BCUT2D eigenvalue weighted by Crippen LogP contribution is 2.11. The maximum absolute atomic E-state index is 12.0. The van der Waals surface area contributed by atoms with Gasteiger partial charge in [-0.2, -0.15) is 0 Å². The van der Waals surface area contributed by atoms with Gasteiger partial charge in [0.1, 0.15) is 5.75 Å². The van der Waals surface area contributed by atoms with Crippen LogP contribution in [0.25, 0.3) is 0 Å². The largest absolute Gasteiger partial charge is 0.496 e. The van der Waals surface area contributed by atoms with E-state index in [2.05, 4.69) is 5.32 Å². The summed E-state index contributed by atoms with van der Waals surface area (Å²) in [6, 6.07) is 13.3. The lowest BCUT2D eigenvalue weighted by Crippen LogP contribution is -2.32. The molecule has 1 N–H and O–H groups in total. The van der Waals surface area contributed by atoms with Gasteiger partial charge in [-0.15, -0.1) is 11.8 Å². The summed E-state index contributed by atoms with van der Waals surface area (Å²) < 4.78 is 6.69. The van der Waals surface area contributed by atoms with Crippen LogP contribution in [0.1, 0.15) is 11.3 Å². The Morgan fingerprint density at radius 1 is 1.25 bits per heavy atom. The second-order valence-electron chi connectivity index (χ2n) is 5.35. The van der Waals surface area contributed by atoms with Gasteiger partial charge >= 0.3 is 0 Å². The van der Waals surface area contributed by atoms with E-state index in [1.54, 1.807) is 22.4 Å². The molecule has 6 heteroatoms. The molecule has 1 amide bonds. The van der Waals surface area contributed by atoms with E-state index in [0.29, 0.717) is 24.6 Å². The van der Waals surface area contributed by atoms with Crippen molar-refractivity contribution in [2.45, 2.75) is 19.2 Å². The Morgan fingerprint density at radius 2 is 2.00 bits per heavy atom. The number of hydrogen-bond acceptors (Lipinski definition) is 4. The molecular weight excluding hydrogens is 324 g/mol. The van der Waals surface area contributed by atoms with Gasteiger partial charge in [0.2, 0.25) is 5.91 Å². The van der Waals surface area contributed by atoms with Crippen molar-refractivity contribution in [1.82, 2.24) is 9.88 Å². The number of carbonyl (C=O) groups excluding carboxylic acids is 1. The van der Waals surface area contributed by atoms with E-state index in [1.807, 2.05) is 37.3 Å². The van der Waals surface area contributed by atoms with Gasteiger partial charge in [-0.3, -0.25) is 9.59 Å². The molecule has 5 nitrogen and oxygen atoms in total. The van der Waals surface area contributed by atoms with E-state index < -0.39 is 0 Å². The van der Waals surface area contributed by atoms with Crippen LogP contribution in [0.3, 0.4) is 0 Å². The lowest BCUT2D eigenvalue weighted by atomic mass is 10.2. The summed E-state index contributed by atoms with van der Waals surface area (Å²) in [6.45, 7) is 2.73. The summed E-state index contributed by atoms with van der Waals surface area (Å²) in [6.07, 6.45) is 0. The molecule has 0 spiro atoms. The van der Waals surface area contributed by atoms with E-state index in [0.717, 1.165) is 11.4 Å². The van der Waals surface area contributed by atoms with Crippen molar-refractivity contribution in [3.63, 3.8) is 0 Å². The summed E-state index contributed by atoms with van der Waals surface area (Å²) in [5.74, 6) is 1.75. The minimum absolute atomic E-state index is 0.0184. The van der Waals surface area contributed by atoms with Crippen LogP contribution in [-0.4, -0.2) is 29.9 Å². The van der Waals surface area contributed by atoms with E-state index in [1.165, 1.54) is 18.7 Å². The maximum Gasteiger partial charge on any atom is 0.254 e. The molecule has 2 aromatic rings. The Morgan fingerprint density at radius 3 is 2.67 bits per heavy atom. The molecule has 24 heavy (non-hydrogen) atoms. The summed E-state index contributed by atoms with van der Waals surface area (Å²) in [4.78, 5) is 23.8. The molecule has 0 aliphatic rings. The van der Waals surface area contributed by atoms with Crippen molar-refractivity contribution in [3.8, 4) is 5.75 Å². The Labute approximate surface area is 146 Å². The number of aromatic nitrogens is 1. The predicted octanol–water partition coefficient (Wildman–Crippen LogP) is 2.21. The van der Waals surface area contributed by atoms with E-state index >= 15 is 0 Å². The zero-order valence-corrected chi connectivity index (χ0v) is 14.8. The molecule has 0 atom stereocenters. The second-order valence-corrected chi connectivity index (χ2v) is 6.34. The number of hydrogen-bond donors (Lipinski definition) is 1. The Hall–Kier alpha value is -2.21. The van der Waals surface area contributed by atoms with Gasteiger partial charge in [-0.25, -0.2) is 0 Å². The fourth-order valence-electron chi connectivity index (χ4n) is 2.30. The SMILES string of the molecule is COc1cc(C)n(CCNC(=O)CSCc2ccccc2)c(=O)c1. The Kier molecular flexibility index (Phi) is 6.93. The fourth-order valence-corrected chi connectivity index (χ4v) is 3.11. The van der Waals surface area contributed by atoms with Crippen LogP contribution >= 0.6 is 11.8 Å². The van der Waals surface area contributed by atoms with Crippen LogP contribution in [0.4, 0.5) is 0 Å². The molecule has 1 aromatic carbocycles. The minimum Gasteiger partial charge on any atom is -0.496 e. The third kappa shape index (κ3) is 5.45. The quantitative estimate of drug-likeness (QED) is 0.796. The van der Waals surface area contributed by atoms with Crippen molar-refractivity contribution in [3.05, 3.63) is 64.1 Å². The highest BCUT2D eigenvalue weighted by atomic mass is 32.2. The van der Waals surface area contributed by atoms with Crippen LogP contribution < -0.4 is 15.6 Å². The van der Waals surface area contributed by atoms with Gasteiger partial charge in [0.25, 0.3) is 5.56 Å². The molecule has 0 aliphatic heterocycles. The van der Waals surface area contributed by atoms with Gasteiger partial charge in [-0.1, -0.05) is 30.3 Å². The summed E-state index contributed by atoms with van der Waals surface area (Å²) in [5, 5.41) is 2.85. The fraction of sp³-hybridized carbons (Fsp3) is 0.333. The first-order valence-electron chi connectivity index (χ1n) is 7.74. The highest BCUT2D eigenvalue weighted by molar-refractivity contribution is 7.99. The highest BCUT2D eigenvalue weighted by Gasteiger charge is 2.05. The molecule has 1 heterocycles. The first kappa shape index (κ1) is 18.1. The first-order valence-corrected chi connectivity index (χ1v) is 8.89. The van der Waals surface area contributed by atoms with Crippen LogP contribution in [0.2, 0.25) is 0 Å². The summed E-state index contributed by atoms with van der Waals surface area (Å²) >= 11 is 1.57. The molecule has 1 aromatic heterocycles. The predicted molar refractivity (Wildman–Crippen MR) is 97.6 cm³/mol. The monoisotopic (exact) mass is 346 g/mol. The average Bonchev–Trinajstić information content (AvgIpc) is 2.58. The van der Waals surface area contributed by atoms with Gasteiger partial charge in [-0.05, 0) is 18.6 Å². The Balaban J connectivity index is 1.74. The van der Waals surface area contributed by atoms with E-state index in [-0.39, 0.29) is 11.5 Å². The van der Waals surface area contributed by atoms with E-state index in [9.17, 15) is 9.59 Å². The number of nitrogens with one attached hydrogen (secondary N) is 1. The van der Waals surface area contributed by atoms with Gasteiger partial charge in [0.05, 0.1) is 12.9 Å². The summed E-state index contributed by atoms with van der Waals surface area (Å²) in [5.41, 5.74) is 1.89. The van der Waals surface area contributed by atoms with Crippen molar-refractivity contribution >= 4 is 17.7 Å². The second kappa shape index (κ2) is 9.17. The minimum atomic E-state index is -0.125. The number of rotatable bonds is 8. The van der Waals surface area contributed by atoms with Gasteiger partial charge in [0.15, 0.2) is 0 Å². The summed E-state index contributed by atoms with van der Waals surface area (Å²) in [7, 11) is 1.53. The van der Waals surface area contributed by atoms with E-state index in [4.69, 9.17) is 4.74 Å². The van der Waals surface area contributed by atoms with Crippen LogP contribution in [-0.2, 0) is 17.1 Å². The number of thioether (sulfide) groups is 1. The number of amides is 1. The number of benzene rings is 1. The maximum atomic E-state index is 12.0. The number of carbonyl (C=O) groups is 1. The first-order chi connectivity index (χ1) is 11.6. The third-order valence-corrected chi connectivity index (χ3v) is 4.55. The molecule has 0 fully saturated rings. The van der Waals surface area contributed by atoms with Crippen LogP contribution in [0, 0.1) is 6.92 Å². The molecular formula is C18H22N2O3S. The van der Waals surface area contributed by atoms with Gasteiger partial charge in [0, 0.05) is 30.6 Å². The molecule has 0 radical (unpaired) electrons. The Bertz CT molecular complexity index is 729. The lowest BCUT2D eigenvalue weighted by Gasteiger charge is -2.12. The number of methoxy groups -OCH3 is 1. The van der Waals surface area contributed by atoms with Crippen molar-refractivity contribution in [2.75, 3.05) is 19.4 Å². The smallest absolute Gasteiger partial charge is 0.254 e. The van der Waals surface area contributed by atoms with Crippen molar-refractivity contribution < 1.29 is 9.53 Å². The average molecular weight is 346 g/mol. The zero-order valence-electron chi connectivity index (χ0n) is 14.0. The van der Waals surface area contributed by atoms with Crippen molar-refractivity contribution in [2.24, 2.45) is 0 Å². The van der Waals surface area contributed by atoms with Crippen LogP contribution in [0.5, 0.6) is 5.75 Å². The normalized spacial score (nSPS) is 10.4. The molecule has 0 bridgehead atoms. The standard InChI is InChI=1S/C18H22N2O3S/c1-14-10-16(23-2)11-18(22)20(14)9-8-19-17(21)13-24-12-15-6-4-3-5-7-15/h3-7,10-11H,8-9,12-13H2,1-2H3,(H,19,21).